The number of para-hydroxylation sites is 1. The highest BCUT2D eigenvalue weighted by molar-refractivity contribution is 5.65. The third-order valence-electron chi connectivity index (χ3n) is 3.52. The molecule has 92 valence electrons. The molecule has 0 aromatic heterocycles. The van der Waals surface area contributed by atoms with Crippen molar-refractivity contribution in [3.8, 4) is 6.07 Å². The summed E-state index contributed by atoms with van der Waals surface area (Å²) >= 11 is 0. The van der Waals surface area contributed by atoms with E-state index in [1.165, 1.54) is 11.3 Å². The first-order valence-electron chi connectivity index (χ1n) is 6.31. The van der Waals surface area contributed by atoms with Gasteiger partial charge in [-0.1, -0.05) is 43.0 Å². The second-order valence-electron chi connectivity index (χ2n) is 4.73. The Labute approximate surface area is 113 Å². The van der Waals surface area contributed by atoms with E-state index in [0.29, 0.717) is 6.54 Å². The van der Waals surface area contributed by atoms with Gasteiger partial charge in [-0.3, -0.25) is 0 Å². The molecule has 1 aliphatic rings. The molecule has 19 heavy (non-hydrogen) atoms. The minimum Gasteiger partial charge on any atom is -0.341 e. The Hall–Kier alpha value is -2.53. The molecule has 0 bridgehead atoms. The van der Waals surface area contributed by atoms with Crippen molar-refractivity contribution in [1.29, 1.82) is 5.26 Å². The summed E-state index contributed by atoms with van der Waals surface area (Å²) in [5, 5.41) is 9.16. The second kappa shape index (κ2) is 4.62. The lowest BCUT2D eigenvalue weighted by Gasteiger charge is -2.21. The van der Waals surface area contributed by atoms with Gasteiger partial charge in [-0.05, 0) is 23.3 Å². The fourth-order valence-corrected chi connectivity index (χ4v) is 2.54. The Bertz CT molecular complexity index is 680. The molecule has 0 unspecified atom stereocenters. The molecule has 0 amide bonds. The van der Waals surface area contributed by atoms with Gasteiger partial charge in [0.15, 0.2) is 0 Å². The minimum absolute atomic E-state index is 0.708. The fraction of sp³-hybridized carbons (Fsp3) is 0.118. The Balaban J connectivity index is 1.96. The molecular formula is C17H14N2. The van der Waals surface area contributed by atoms with Gasteiger partial charge in [-0.25, -0.2) is 0 Å². The summed E-state index contributed by atoms with van der Waals surface area (Å²) < 4.78 is 0. The van der Waals surface area contributed by atoms with E-state index in [2.05, 4.69) is 35.7 Å². The van der Waals surface area contributed by atoms with Crippen LogP contribution in [-0.4, -0.2) is 0 Å². The van der Waals surface area contributed by atoms with Crippen molar-refractivity contribution in [1.82, 2.24) is 0 Å². The fourth-order valence-electron chi connectivity index (χ4n) is 2.54. The first-order chi connectivity index (χ1) is 9.29. The van der Waals surface area contributed by atoms with Gasteiger partial charge in [0.2, 0.25) is 0 Å². The number of nitriles is 1. The molecule has 2 nitrogen and oxygen atoms in total. The molecule has 1 aliphatic heterocycles. The van der Waals surface area contributed by atoms with Gasteiger partial charge in [0, 0.05) is 24.4 Å². The molecule has 2 aromatic rings. The van der Waals surface area contributed by atoms with Crippen LogP contribution < -0.4 is 4.90 Å². The van der Waals surface area contributed by atoms with E-state index in [1.54, 1.807) is 0 Å². The largest absolute Gasteiger partial charge is 0.341 e. The van der Waals surface area contributed by atoms with Crippen LogP contribution in [0, 0.1) is 11.3 Å². The summed E-state index contributed by atoms with van der Waals surface area (Å²) in [6.07, 6.45) is 0.894. The first kappa shape index (κ1) is 11.6. The van der Waals surface area contributed by atoms with Crippen LogP contribution >= 0.6 is 0 Å². The molecule has 0 atom stereocenters. The van der Waals surface area contributed by atoms with Gasteiger partial charge in [-0.2, -0.15) is 5.26 Å². The van der Waals surface area contributed by atoms with Gasteiger partial charge < -0.3 is 4.90 Å². The van der Waals surface area contributed by atoms with Crippen LogP contribution in [0.1, 0.15) is 16.7 Å². The highest BCUT2D eigenvalue weighted by Crippen LogP contribution is 2.34. The molecule has 0 aliphatic carbocycles. The zero-order valence-corrected chi connectivity index (χ0v) is 10.6. The van der Waals surface area contributed by atoms with Crippen molar-refractivity contribution in [2.75, 3.05) is 4.90 Å². The summed E-state index contributed by atoms with van der Waals surface area (Å²) in [4.78, 5) is 2.20. The molecule has 0 fully saturated rings. The summed E-state index contributed by atoms with van der Waals surface area (Å²) in [6, 6.07) is 18.3. The van der Waals surface area contributed by atoms with Gasteiger partial charge in [0.1, 0.15) is 0 Å². The maximum Gasteiger partial charge on any atom is 0.0995 e. The Kier molecular flexibility index (Phi) is 2.81. The average Bonchev–Trinajstić information content (AvgIpc) is 2.76. The Morgan fingerprint density at radius 2 is 1.84 bits per heavy atom. The number of anilines is 1. The maximum atomic E-state index is 9.16. The highest BCUT2D eigenvalue weighted by Gasteiger charge is 2.22. The molecular weight excluding hydrogens is 232 g/mol. The number of benzene rings is 2. The zero-order valence-electron chi connectivity index (χ0n) is 10.6. The van der Waals surface area contributed by atoms with Crippen LogP contribution in [0.2, 0.25) is 0 Å². The van der Waals surface area contributed by atoms with Crippen molar-refractivity contribution >= 4 is 5.69 Å². The van der Waals surface area contributed by atoms with Gasteiger partial charge in [0.25, 0.3) is 0 Å². The second-order valence-corrected chi connectivity index (χ2v) is 4.73. The number of rotatable bonds is 2. The lowest BCUT2D eigenvalue weighted by Crippen LogP contribution is -2.18. The van der Waals surface area contributed by atoms with E-state index in [0.717, 1.165) is 23.2 Å². The van der Waals surface area contributed by atoms with E-state index in [-0.39, 0.29) is 0 Å². The van der Waals surface area contributed by atoms with E-state index in [9.17, 15) is 0 Å². The van der Waals surface area contributed by atoms with Crippen molar-refractivity contribution in [2.45, 2.75) is 13.0 Å². The molecule has 1 heterocycles. The van der Waals surface area contributed by atoms with Crippen molar-refractivity contribution in [3.05, 3.63) is 77.5 Å². The van der Waals surface area contributed by atoms with Crippen LogP contribution in [0.3, 0.4) is 0 Å². The Morgan fingerprint density at radius 1 is 1.11 bits per heavy atom. The maximum absolute atomic E-state index is 9.16. The SMILES string of the molecule is C=C1Cc2ccccc2N1Cc1ccccc1C#N. The summed E-state index contributed by atoms with van der Waals surface area (Å²) in [5.74, 6) is 0. The lowest BCUT2D eigenvalue weighted by atomic mass is 10.1. The number of allylic oxidation sites excluding steroid dienone is 1. The number of nitrogens with zero attached hydrogens (tertiary/aromatic N) is 2. The number of hydrogen-bond donors (Lipinski definition) is 0. The van der Waals surface area contributed by atoms with Crippen LogP contribution in [0.25, 0.3) is 0 Å². The van der Waals surface area contributed by atoms with Crippen molar-refractivity contribution in [3.63, 3.8) is 0 Å². The third kappa shape index (κ3) is 2.00. The molecule has 2 heteroatoms. The molecule has 0 saturated heterocycles. The minimum atomic E-state index is 0.708. The molecule has 0 radical (unpaired) electrons. The third-order valence-corrected chi connectivity index (χ3v) is 3.52. The van der Waals surface area contributed by atoms with Crippen LogP contribution in [0.15, 0.2) is 60.8 Å². The van der Waals surface area contributed by atoms with Crippen molar-refractivity contribution < 1.29 is 0 Å². The average molecular weight is 246 g/mol. The smallest absolute Gasteiger partial charge is 0.0995 e. The normalized spacial score (nSPS) is 13.2. The quantitative estimate of drug-likeness (QED) is 0.809. The van der Waals surface area contributed by atoms with Crippen LogP contribution in [0.5, 0.6) is 0 Å². The zero-order chi connectivity index (χ0) is 13.2. The highest BCUT2D eigenvalue weighted by atomic mass is 15.2. The molecule has 0 spiro atoms. The monoisotopic (exact) mass is 246 g/mol. The molecule has 0 N–H and O–H groups in total. The standard InChI is InChI=1S/C17H14N2/c1-13-10-14-6-4-5-9-17(14)19(13)12-16-8-3-2-7-15(16)11-18/h2-9H,1,10,12H2. The summed E-state index contributed by atoms with van der Waals surface area (Å²) in [5.41, 5.74) is 5.39. The molecule has 2 aromatic carbocycles. The number of fused-ring (bicyclic) bond motifs is 1. The lowest BCUT2D eigenvalue weighted by molar-refractivity contribution is 0.926. The van der Waals surface area contributed by atoms with E-state index >= 15 is 0 Å². The van der Waals surface area contributed by atoms with E-state index in [4.69, 9.17) is 5.26 Å². The molecule has 3 rings (SSSR count). The molecule has 0 saturated carbocycles. The Morgan fingerprint density at radius 3 is 2.68 bits per heavy atom. The first-order valence-corrected chi connectivity index (χ1v) is 6.31. The van der Waals surface area contributed by atoms with Crippen LogP contribution in [-0.2, 0) is 13.0 Å². The summed E-state index contributed by atoms with van der Waals surface area (Å²) in [7, 11) is 0. The summed E-state index contributed by atoms with van der Waals surface area (Å²) in [6.45, 7) is 4.85. The predicted octanol–water partition coefficient (Wildman–Crippen LogP) is 3.63. The van der Waals surface area contributed by atoms with E-state index in [1.807, 2.05) is 30.3 Å². The van der Waals surface area contributed by atoms with E-state index < -0.39 is 0 Å². The number of hydrogen-bond acceptors (Lipinski definition) is 2. The van der Waals surface area contributed by atoms with Crippen molar-refractivity contribution in [2.24, 2.45) is 0 Å². The van der Waals surface area contributed by atoms with Gasteiger partial charge in [-0.15, -0.1) is 0 Å². The van der Waals surface area contributed by atoms with Crippen LogP contribution in [0.4, 0.5) is 5.69 Å². The van der Waals surface area contributed by atoms with Gasteiger partial charge >= 0.3 is 0 Å². The predicted molar refractivity (Wildman–Crippen MR) is 76.6 cm³/mol. The van der Waals surface area contributed by atoms with Gasteiger partial charge in [0.05, 0.1) is 11.6 Å². The topological polar surface area (TPSA) is 27.0 Å².